The number of nitrogens with zero attached hydrogens (tertiary/aromatic N) is 2. The van der Waals surface area contributed by atoms with E-state index in [2.05, 4.69) is 10.4 Å². The molecular weight excluding hydrogens is 278 g/mol. The lowest BCUT2D eigenvalue weighted by Gasteiger charge is -2.06. The first kappa shape index (κ1) is 14.5. The van der Waals surface area contributed by atoms with Crippen LogP contribution in [-0.2, 0) is 11.8 Å². The number of carbonyl (C=O) groups excluding carboxylic acids is 1. The smallest absolute Gasteiger partial charge is 0.306 e. The summed E-state index contributed by atoms with van der Waals surface area (Å²) in [5, 5.41) is 16.8. The van der Waals surface area contributed by atoms with E-state index in [0.29, 0.717) is 17.8 Å². The average Bonchev–Trinajstić information content (AvgIpc) is 2.92. The van der Waals surface area contributed by atoms with Crippen LogP contribution >= 0.6 is 11.3 Å². The summed E-state index contributed by atoms with van der Waals surface area (Å²) in [6.07, 6.45) is 0.423. The Hall–Kier alpha value is -1.89. The summed E-state index contributed by atoms with van der Waals surface area (Å²) in [5.74, 6) is -1.46. The molecule has 20 heavy (non-hydrogen) atoms. The van der Waals surface area contributed by atoms with Crippen molar-refractivity contribution in [1.82, 2.24) is 15.1 Å². The van der Waals surface area contributed by atoms with Gasteiger partial charge in [0.15, 0.2) is 0 Å². The molecule has 7 heteroatoms. The number of nitrogens with one attached hydrogen (secondary N) is 1. The van der Waals surface area contributed by atoms with Gasteiger partial charge in [-0.15, -0.1) is 11.3 Å². The topological polar surface area (TPSA) is 84.2 Å². The SMILES string of the molecule is Cc1nn(C)c2sc(C(=O)NCCC(C)C(=O)O)cc12. The van der Waals surface area contributed by atoms with Crippen LogP contribution < -0.4 is 5.32 Å². The summed E-state index contributed by atoms with van der Waals surface area (Å²) in [6.45, 7) is 3.89. The molecule has 0 aliphatic rings. The maximum absolute atomic E-state index is 12.0. The Labute approximate surface area is 120 Å². The number of carboxylic acid groups (broad SMARTS) is 1. The second-order valence-electron chi connectivity index (χ2n) is 4.82. The Morgan fingerprint density at radius 1 is 1.55 bits per heavy atom. The van der Waals surface area contributed by atoms with E-state index in [4.69, 9.17) is 5.11 Å². The molecule has 0 aromatic carbocycles. The summed E-state index contributed by atoms with van der Waals surface area (Å²) in [5.41, 5.74) is 0.900. The van der Waals surface area contributed by atoms with E-state index in [9.17, 15) is 9.59 Å². The van der Waals surface area contributed by atoms with Crippen LogP contribution in [0.3, 0.4) is 0 Å². The minimum atomic E-state index is -0.845. The second-order valence-corrected chi connectivity index (χ2v) is 5.85. The lowest BCUT2D eigenvalue weighted by molar-refractivity contribution is -0.141. The highest BCUT2D eigenvalue weighted by Crippen LogP contribution is 2.27. The van der Waals surface area contributed by atoms with Crippen molar-refractivity contribution in [3.05, 3.63) is 16.6 Å². The third-order valence-electron chi connectivity index (χ3n) is 3.20. The van der Waals surface area contributed by atoms with E-state index in [1.165, 1.54) is 11.3 Å². The Morgan fingerprint density at radius 2 is 2.25 bits per heavy atom. The zero-order chi connectivity index (χ0) is 14.9. The van der Waals surface area contributed by atoms with Gasteiger partial charge in [-0.2, -0.15) is 5.10 Å². The van der Waals surface area contributed by atoms with Crippen molar-refractivity contribution in [3.8, 4) is 0 Å². The number of hydrogen-bond donors (Lipinski definition) is 2. The maximum Gasteiger partial charge on any atom is 0.306 e. The molecule has 0 fully saturated rings. The van der Waals surface area contributed by atoms with E-state index in [1.54, 1.807) is 11.6 Å². The second kappa shape index (κ2) is 5.62. The number of carboxylic acids is 1. The number of aliphatic carboxylic acids is 1. The van der Waals surface area contributed by atoms with Crippen molar-refractivity contribution < 1.29 is 14.7 Å². The Bertz CT molecular complexity index is 625. The fraction of sp³-hybridized carbons (Fsp3) is 0.462. The van der Waals surface area contributed by atoms with Crippen LogP contribution in [0.4, 0.5) is 0 Å². The van der Waals surface area contributed by atoms with E-state index >= 15 is 0 Å². The van der Waals surface area contributed by atoms with Gasteiger partial charge in [0, 0.05) is 19.0 Å². The van der Waals surface area contributed by atoms with Gasteiger partial charge in [0.05, 0.1) is 16.5 Å². The van der Waals surface area contributed by atoms with Crippen LogP contribution in [0.5, 0.6) is 0 Å². The van der Waals surface area contributed by atoms with Gasteiger partial charge in [-0.25, -0.2) is 0 Å². The van der Waals surface area contributed by atoms with Gasteiger partial charge < -0.3 is 10.4 Å². The van der Waals surface area contributed by atoms with Gasteiger partial charge in [-0.1, -0.05) is 6.92 Å². The first-order valence-corrected chi connectivity index (χ1v) is 7.16. The molecule has 2 heterocycles. The molecule has 0 bridgehead atoms. The van der Waals surface area contributed by atoms with Crippen molar-refractivity contribution in [2.24, 2.45) is 13.0 Å². The lowest BCUT2D eigenvalue weighted by atomic mass is 10.1. The summed E-state index contributed by atoms with van der Waals surface area (Å²) < 4.78 is 1.76. The molecule has 0 saturated heterocycles. The molecule has 1 unspecified atom stereocenters. The van der Waals surface area contributed by atoms with Crippen LogP contribution in [0.15, 0.2) is 6.07 Å². The van der Waals surface area contributed by atoms with Crippen LogP contribution in [0.2, 0.25) is 0 Å². The first-order valence-electron chi connectivity index (χ1n) is 6.34. The minimum absolute atomic E-state index is 0.164. The molecule has 6 nitrogen and oxygen atoms in total. The number of carbonyl (C=O) groups is 2. The highest BCUT2D eigenvalue weighted by atomic mass is 32.1. The molecule has 2 N–H and O–H groups in total. The normalized spacial score (nSPS) is 12.6. The standard InChI is InChI=1S/C13H17N3O3S/c1-7(13(18)19)4-5-14-11(17)10-6-9-8(2)15-16(3)12(9)20-10/h6-7H,4-5H2,1-3H3,(H,14,17)(H,18,19). The number of amides is 1. The van der Waals surface area contributed by atoms with Crippen molar-refractivity contribution >= 4 is 33.4 Å². The van der Waals surface area contributed by atoms with Gasteiger partial charge in [0.1, 0.15) is 4.83 Å². The maximum atomic E-state index is 12.0. The predicted molar refractivity (Wildman–Crippen MR) is 77.1 cm³/mol. The monoisotopic (exact) mass is 295 g/mol. The van der Waals surface area contributed by atoms with E-state index in [1.807, 2.05) is 20.0 Å². The van der Waals surface area contributed by atoms with Gasteiger partial charge in [-0.3, -0.25) is 14.3 Å². The fourth-order valence-corrected chi connectivity index (χ4v) is 2.97. The van der Waals surface area contributed by atoms with E-state index < -0.39 is 11.9 Å². The number of thiophene rings is 1. The molecule has 1 amide bonds. The summed E-state index contributed by atoms with van der Waals surface area (Å²) in [7, 11) is 1.85. The predicted octanol–water partition coefficient (Wildman–Crippen LogP) is 1.78. The van der Waals surface area contributed by atoms with Crippen molar-refractivity contribution in [1.29, 1.82) is 0 Å². The molecular formula is C13H17N3O3S. The zero-order valence-electron chi connectivity index (χ0n) is 11.6. The molecule has 0 saturated carbocycles. The van der Waals surface area contributed by atoms with Crippen LogP contribution in [0, 0.1) is 12.8 Å². The third-order valence-corrected chi connectivity index (χ3v) is 4.41. The van der Waals surface area contributed by atoms with Gasteiger partial charge in [0.2, 0.25) is 0 Å². The number of aromatic nitrogens is 2. The van der Waals surface area contributed by atoms with Crippen molar-refractivity contribution in [3.63, 3.8) is 0 Å². The molecule has 0 aliphatic heterocycles. The molecule has 0 aliphatic carbocycles. The largest absolute Gasteiger partial charge is 0.481 e. The lowest BCUT2D eigenvalue weighted by Crippen LogP contribution is -2.26. The Balaban J connectivity index is 2.01. The average molecular weight is 295 g/mol. The van der Waals surface area contributed by atoms with Gasteiger partial charge in [-0.05, 0) is 19.4 Å². The van der Waals surface area contributed by atoms with Gasteiger partial charge >= 0.3 is 5.97 Å². The van der Waals surface area contributed by atoms with Crippen molar-refractivity contribution in [2.45, 2.75) is 20.3 Å². The number of hydrogen-bond acceptors (Lipinski definition) is 4. The van der Waals surface area contributed by atoms with Crippen LogP contribution in [0.25, 0.3) is 10.2 Å². The molecule has 0 spiro atoms. The van der Waals surface area contributed by atoms with Crippen LogP contribution in [-0.4, -0.2) is 33.3 Å². The van der Waals surface area contributed by atoms with E-state index in [-0.39, 0.29) is 5.91 Å². The Kier molecular flexibility index (Phi) is 4.08. The van der Waals surface area contributed by atoms with E-state index in [0.717, 1.165) is 15.9 Å². The third kappa shape index (κ3) is 2.82. The van der Waals surface area contributed by atoms with Crippen LogP contribution in [0.1, 0.15) is 28.7 Å². The summed E-state index contributed by atoms with van der Waals surface area (Å²) >= 11 is 1.39. The first-order chi connectivity index (χ1) is 9.40. The number of aryl methyl sites for hydroxylation is 2. The Morgan fingerprint density at radius 3 is 2.85 bits per heavy atom. The molecule has 0 radical (unpaired) electrons. The number of rotatable bonds is 5. The molecule has 2 aromatic heterocycles. The minimum Gasteiger partial charge on any atom is -0.481 e. The fourth-order valence-electron chi connectivity index (χ4n) is 1.93. The van der Waals surface area contributed by atoms with Gasteiger partial charge in [0.25, 0.3) is 5.91 Å². The molecule has 2 rings (SSSR count). The highest BCUT2D eigenvalue weighted by Gasteiger charge is 2.16. The highest BCUT2D eigenvalue weighted by molar-refractivity contribution is 7.20. The summed E-state index contributed by atoms with van der Waals surface area (Å²) in [4.78, 5) is 24.3. The number of fused-ring (bicyclic) bond motifs is 1. The molecule has 108 valence electrons. The van der Waals surface area contributed by atoms with Crippen molar-refractivity contribution in [2.75, 3.05) is 6.54 Å². The molecule has 1 atom stereocenters. The zero-order valence-corrected chi connectivity index (χ0v) is 12.5. The quantitative estimate of drug-likeness (QED) is 0.880. The molecule has 2 aromatic rings. The summed E-state index contributed by atoms with van der Waals surface area (Å²) in [6, 6.07) is 1.83.